The van der Waals surface area contributed by atoms with Crippen molar-refractivity contribution in [3.63, 3.8) is 0 Å². The Morgan fingerprint density at radius 2 is 1.61 bits per heavy atom. The van der Waals surface area contributed by atoms with E-state index >= 15 is 0 Å². The van der Waals surface area contributed by atoms with Crippen LogP contribution in [0.3, 0.4) is 0 Å². The molecule has 0 unspecified atom stereocenters. The summed E-state index contributed by atoms with van der Waals surface area (Å²) in [6, 6.07) is 15.6. The highest BCUT2D eigenvalue weighted by Gasteiger charge is 2.13. The Morgan fingerprint density at radius 3 is 2.21 bits per heavy atom. The second-order valence-electron chi connectivity index (χ2n) is 6.41. The third kappa shape index (κ3) is 4.44. The van der Waals surface area contributed by atoms with Gasteiger partial charge in [0.05, 0.1) is 5.56 Å². The summed E-state index contributed by atoms with van der Waals surface area (Å²) in [5.41, 5.74) is 2.86. The average Bonchev–Trinajstić information content (AvgIpc) is 2.69. The Bertz CT molecular complexity index is 1050. The van der Waals surface area contributed by atoms with Crippen LogP contribution in [0.4, 0.5) is 8.78 Å². The molecule has 0 saturated carbocycles. The van der Waals surface area contributed by atoms with E-state index in [1.54, 1.807) is 42.5 Å². The average molecular weight is 376 g/mol. The molecule has 0 amide bonds. The maximum atomic E-state index is 14.4. The van der Waals surface area contributed by atoms with E-state index in [1.165, 1.54) is 18.2 Å². The van der Waals surface area contributed by atoms with Gasteiger partial charge in [-0.15, -0.1) is 12.3 Å². The molecule has 0 aliphatic heterocycles. The van der Waals surface area contributed by atoms with Gasteiger partial charge in [0.2, 0.25) is 0 Å². The Morgan fingerprint density at radius 1 is 0.964 bits per heavy atom. The quantitative estimate of drug-likeness (QED) is 0.323. The Kier molecular flexibility index (Phi) is 5.86. The van der Waals surface area contributed by atoms with Crippen LogP contribution in [-0.4, -0.2) is 5.97 Å². The van der Waals surface area contributed by atoms with Gasteiger partial charge in [-0.25, -0.2) is 13.6 Å². The normalized spacial score (nSPS) is 10.4. The first-order chi connectivity index (χ1) is 13.5. The Hall–Kier alpha value is -3.45. The van der Waals surface area contributed by atoms with Crippen molar-refractivity contribution in [2.75, 3.05) is 0 Å². The highest BCUT2D eigenvalue weighted by molar-refractivity contribution is 5.91. The number of hydrogen-bond donors (Lipinski definition) is 0. The molecule has 0 aliphatic carbocycles. The summed E-state index contributed by atoms with van der Waals surface area (Å²) >= 11 is 0. The minimum atomic E-state index is -0.699. The fourth-order valence-electron chi connectivity index (χ4n) is 2.75. The lowest BCUT2D eigenvalue weighted by molar-refractivity contribution is 0.0728. The molecule has 3 rings (SSSR count). The summed E-state index contributed by atoms with van der Waals surface area (Å²) in [6.07, 6.45) is 6.11. The number of carbonyl (C=O) groups is 1. The van der Waals surface area contributed by atoms with E-state index in [-0.39, 0.29) is 11.6 Å². The Labute approximate surface area is 162 Å². The molecule has 0 fully saturated rings. The molecule has 0 N–H and O–H groups in total. The molecule has 140 valence electrons. The van der Waals surface area contributed by atoms with Crippen molar-refractivity contribution < 1.29 is 18.3 Å². The molecule has 0 aromatic heterocycles. The second kappa shape index (κ2) is 8.49. The SMILES string of the molecule is C#CCCc1ccc(-c2ccc(OC(=O)c3ccc(C)cc3)c(F)c2)cc1F. The molecule has 0 atom stereocenters. The fourth-order valence-corrected chi connectivity index (χ4v) is 2.75. The molecule has 0 bridgehead atoms. The lowest BCUT2D eigenvalue weighted by Gasteiger charge is -2.09. The molecule has 2 nitrogen and oxygen atoms in total. The van der Waals surface area contributed by atoms with Crippen LogP contribution in [0.15, 0.2) is 60.7 Å². The number of hydrogen-bond acceptors (Lipinski definition) is 2. The minimum absolute atomic E-state index is 0.180. The molecule has 0 radical (unpaired) electrons. The first-order valence-corrected chi connectivity index (χ1v) is 8.78. The number of carbonyl (C=O) groups excluding carboxylic acids is 1. The minimum Gasteiger partial charge on any atom is -0.420 e. The fraction of sp³-hybridized carbons (Fsp3) is 0.125. The summed E-state index contributed by atoms with van der Waals surface area (Å²) < 4.78 is 33.8. The van der Waals surface area contributed by atoms with Crippen LogP contribution in [0.1, 0.15) is 27.9 Å². The number of benzene rings is 3. The van der Waals surface area contributed by atoms with Gasteiger partial charge < -0.3 is 4.74 Å². The van der Waals surface area contributed by atoms with Crippen LogP contribution in [0, 0.1) is 30.9 Å². The van der Waals surface area contributed by atoms with Gasteiger partial charge in [0.1, 0.15) is 5.82 Å². The number of ether oxygens (including phenoxy) is 1. The highest BCUT2D eigenvalue weighted by atomic mass is 19.1. The number of rotatable bonds is 5. The first-order valence-electron chi connectivity index (χ1n) is 8.78. The molecule has 0 aliphatic rings. The van der Waals surface area contributed by atoms with E-state index in [4.69, 9.17) is 11.2 Å². The predicted octanol–water partition coefficient (Wildman–Crippen LogP) is 5.73. The summed E-state index contributed by atoms with van der Waals surface area (Å²) in [7, 11) is 0. The zero-order valence-corrected chi connectivity index (χ0v) is 15.3. The van der Waals surface area contributed by atoms with Gasteiger partial charge in [-0.2, -0.15) is 0 Å². The maximum Gasteiger partial charge on any atom is 0.343 e. The van der Waals surface area contributed by atoms with Crippen LogP contribution in [0.25, 0.3) is 11.1 Å². The van der Waals surface area contributed by atoms with Crippen molar-refractivity contribution in [3.8, 4) is 29.2 Å². The number of halogens is 2. The Balaban J connectivity index is 1.78. The number of esters is 1. The standard InChI is InChI=1S/C24H18F2O2/c1-3-4-5-17-10-11-19(14-21(17)25)20-12-13-23(22(26)15-20)28-24(27)18-8-6-16(2)7-9-18/h1,6-15H,4-5H2,2H3. The van der Waals surface area contributed by atoms with Crippen LogP contribution in [0.2, 0.25) is 0 Å². The molecular formula is C24H18F2O2. The van der Waals surface area contributed by atoms with Crippen LogP contribution < -0.4 is 4.74 Å². The van der Waals surface area contributed by atoms with Crippen molar-refractivity contribution in [1.29, 1.82) is 0 Å². The molecule has 4 heteroatoms. The zero-order chi connectivity index (χ0) is 20.1. The third-order valence-corrected chi connectivity index (χ3v) is 4.35. The van der Waals surface area contributed by atoms with Crippen LogP contribution >= 0.6 is 0 Å². The summed E-state index contributed by atoms with van der Waals surface area (Å²) in [4.78, 5) is 12.1. The van der Waals surface area contributed by atoms with E-state index in [9.17, 15) is 13.6 Å². The molecule has 3 aromatic carbocycles. The van der Waals surface area contributed by atoms with E-state index in [0.29, 0.717) is 35.1 Å². The van der Waals surface area contributed by atoms with E-state index < -0.39 is 11.8 Å². The topological polar surface area (TPSA) is 26.3 Å². The lowest BCUT2D eigenvalue weighted by atomic mass is 10.0. The largest absolute Gasteiger partial charge is 0.420 e. The lowest BCUT2D eigenvalue weighted by Crippen LogP contribution is -2.09. The first kappa shape index (κ1) is 19.3. The monoisotopic (exact) mass is 376 g/mol. The van der Waals surface area contributed by atoms with E-state index in [0.717, 1.165) is 5.56 Å². The molecule has 28 heavy (non-hydrogen) atoms. The molecule has 3 aromatic rings. The van der Waals surface area contributed by atoms with Crippen molar-refractivity contribution in [1.82, 2.24) is 0 Å². The van der Waals surface area contributed by atoms with E-state index in [1.807, 2.05) is 6.92 Å². The predicted molar refractivity (Wildman–Crippen MR) is 105 cm³/mol. The van der Waals surface area contributed by atoms with Crippen LogP contribution in [-0.2, 0) is 6.42 Å². The third-order valence-electron chi connectivity index (χ3n) is 4.35. The summed E-state index contributed by atoms with van der Waals surface area (Å²) in [5.74, 6) is 0.567. The molecule has 0 saturated heterocycles. The van der Waals surface area contributed by atoms with Crippen molar-refractivity contribution in [2.24, 2.45) is 0 Å². The van der Waals surface area contributed by atoms with Gasteiger partial charge in [-0.3, -0.25) is 0 Å². The van der Waals surface area contributed by atoms with Gasteiger partial charge in [0, 0.05) is 6.42 Å². The number of terminal acetylenes is 1. The number of aryl methyl sites for hydroxylation is 2. The second-order valence-corrected chi connectivity index (χ2v) is 6.41. The van der Waals surface area contributed by atoms with Gasteiger partial charge >= 0.3 is 5.97 Å². The van der Waals surface area contributed by atoms with Gasteiger partial charge in [0.15, 0.2) is 11.6 Å². The highest BCUT2D eigenvalue weighted by Crippen LogP contribution is 2.28. The summed E-state index contributed by atoms with van der Waals surface area (Å²) in [6.45, 7) is 1.90. The van der Waals surface area contributed by atoms with E-state index in [2.05, 4.69) is 5.92 Å². The molecule has 0 heterocycles. The van der Waals surface area contributed by atoms with Gasteiger partial charge in [-0.1, -0.05) is 35.9 Å². The molecular weight excluding hydrogens is 358 g/mol. The summed E-state index contributed by atoms with van der Waals surface area (Å²) in [5, 5.41) is 0. The van der Waals surface area contributed by atoms with Crippen molar-refractivity contribution in [2.45, 2.75) is 19.8 Å². The molecule has 0 spiro atoms. The maximum absolute atomic E-state index is 14.4. The van der Waals surface area contributed by atoms with Crippen molar-refractivity contribution in [3.05, 3.63) is 89.0 Å². The zero-order valence-electron chi connectivity index (χ0n) is 15.3. The van der Waals surface area contributed by atoms with Crippen LogP contribution in [0.5, 0.6) is 5.75 Å². The smallest absolute Gasteiger partial charge is 0.343 e. The van der Waals surface area contributed by atoms with Gasteiger partial charge in [-0.05, 0) is 60.4 Å². The van der Waals surface area contributed by atoms with Crippen molar-refractivity contribution >= 4 is 5.97 Å². The van der Waals surface area contributed by atoms with Gasteiger partial charge in [0.25, 0.3) is 0 Å².